The van der Waals surface area contributed by atoms with Gasteiger partial charge in [-0.15, -0.1) is 0 Å². The number of piperazine rings is 1. The smallest absolute Gasteiger partial charge is 0.249 e. The van der Waals surface area contributed by atoms with Crippen LogP contribution in [0.3, 0.4) is 0 Å². The maximum Gasteiger partial charge on any atom is 0.249 e. The fourth-order valence-corrected chi connectivity index (χ4v) is 3.87. The Hall–Kier alpha value is -1.84. The molecule has 4 heteroatoms. The van der Waals surface area contributed by atoms with Gasteiger partial charge in [-0.1, -0.05) is 56.5 Å². The Balaban J connectivity index is 1.96. The average Bonchev–Trinajstić information content (AvgIpc) is 2.59. The van der Waals surface area contributed by atoms with Gasteiger partial charge >= 0.3 is 0 Å². The van der Waals surface area contributed by atoms with Crippen LogP contribution in [0.1, 0.15) is 57.9 Å². The van der Waals surface area contributed by atoms with Crippen LogP contribution in [0.2, 0.25) is 0 Å². The molecule has 4 nitrogen and oxygen atoms in total. The standard InChI is InChI=1S/C19H26N2O2/c1-3-18(2)16(22)20-19(12-8-5-9-13-19)17(23)21(18)14-15-10-6-4-7-11-15/h4,6-7,10-11H,3,5,8-9,12-14H2,1-2H3,(H,20,22). The van der Waals surface area contributed by atoms with Crippen LogP contribution in [0.15, 0.2) is 30.3 Å². The zero-order valence-corrected chi connectivity index (χ0v) is 14.1. The fourth-order valence-electron chi connectivity index (χ4n) is 3.87. The average molecular weight is 314 g/mol. The summed E-state index contributed by atoms with van der Waals surface area (Å²) in [5.41, 5.74) is -0.366. The molecule has 1 aromatic carbocycles. The van der Waals surface area contributed by atoms with Crippen molar-refractivity contribution in [2.45, 2.75) is 70.0 Å². The van der Waals surface area contributed by atoms with E-state index in [-0.39, 0.29) is 11.8 Å². The molecule has 1 aromatic rings. The van der Waals surface area contributed by atoms with Gasteiger partial charge in [-0.05, 0) is 31.7 Å². The molecule has 1 aliphatic carbocycles. The van der Waals surface area contributed by atoms with Gasteiger partial charge < -0.3 is 10.2 Å². The van der Waals surface area contributed by atoms with Crippen LogP contribution in [0.5, 0.6) is 0 Å². The van der Waals surface area contributed by atoms with Gasteiger partial charge in [0.1, 0.15) is 11.1 Å². The maximum absolute atomic E-state index is 13.3. The lowest BCUT2D eigenvalue weighted by molar-refractivity contribution is -0.165. The summed E-state index contributed by atoms with van der Waals surface area (Å²) in [6.45, 7) is 4.36. The Bertz CT molecular complexity index is 593. The van der Waals surface area contributed by atoms with Crippen LogP contribution >= 0.6 is 0 Å². The van der Waals surface area contributed by atoms with Crippen molar-refractivity contribution < 1.29 is 9.59 Å². The number of carbonyl (C=O) groups excluding carboxylic acids is 2. The molecule has 1 saturated carbocycles. The summed E-state index contributed by atoms with van der Waals surface area (Å²) in [4.78, 5) is 28.0. The third kappa shape index (κ3) is 2.64. The molecule has 1 aliphatic heterocycles. The highest BCUT2D eigenvalue weighted by Crippen LogP contribution is 2.38. The quantitative estimate of drug-likeness (QED) is 0.932. The van der Waals surface area contributed by atoms with Crippen LogP contribution in [0.4, 0.5) is 0 Å². The first kappa shape index (κ1) is 16.0. The number of nitrogens with one attached hydrogen (secondary N) is 1. The van der Waals surface area contributed by atoms with Gasteiger partial charge in [-0.3, -0.25) is 9.59 Å². The highest BCUT2D eigenvalue weighted by Gasteiger charge is 2.55. The monoisotopic (exact) mass is 314 g/mol. The van der Waals surface area contributed by atoms with E-state index in [1.54, 1.807) is 0 Å². The van der Waals surface area contributed by atoms with Crippen molar-refractivity contribution in [3.05, 3.63) is 35.9 Å². The SMILES string of the molecule is CCC1(C)C(=O)NC2(CCCCC2)C(=O)N1Cc1ccccc1. The van der Waals surface area contributed by atoms with Crippen molar-refractivity contribution in [1.82, 2.24) is 10.2 Å². The zero-order chi connectivity index (χ0) is 16.5. The first-order chi connectivity index (χ1) is 11.0. The minimum atomic E-state index is -0.768. The summed E-state index contributed by atoms with van der Waals surface area (Å²) >= 11 is 0. The topological polar surface area (TPSA) is 49.4 Å². The molecule has 23 heavy (non-hydrogen) atoms. The van der Waals surface area contributed by atoms with Crippen LogP contribution in [0.25, 0.3) is 0 Å². The summed E-state index contributed by atoms with van der Waals surface area (Å²) in [5, 5.41) is 3.11. The van der Waals surface area contributed by atoms with E-state index in [2.05, 4.69) is 5.32 Å². The van der Waals surface area contributed by atoms with Crippen molar-refractivity contribution in [3.63, 3.8) is 0 Å². The van der Waals surface area contributed by atoms with Crippen molar-refractivity contribution in [2.24, 2.45) is 0 Å². The van der Waals surface area contributed by atoms with E-state index in [1.165, 1.54) is 0 Å². The Kier molecular flexibility index (Phi) is 4.17. The van der Waals surface area contributed by atoms with Crippen molar-refractivity contribution in [3.8, 4) is 0 Å². The number of carbonyl (C=O) groups is 2. The number of hydrogen-bond acceptors (Lipinski definition) is 2. The van der Waals surface area contributed by atoms with E-state index >= 15 is 0 Å². The Labute approximate surface area is 138 Å². The van der Waals surface area contributed by atoms with Crippen LogP contribution in [-0.4, -0.2) is 27.8 Å². The van der Waals surface area contributed by atoms with E-state index in [4.69, 9.17) is 0 Å². The number of benzene rings is 1. The van der Waals surface area contributed by atoms with Gasteiger partial charge in [0.2, 0.25) is 11.8 Å². The molecule has 1 heterocycles. The summed E-state index contributed by atoms with van der Waals surface area (Å²) in [7, 11) is 0. The number of nitrogens with zero attached hydrogens (tertiary/aromatic N) is 1. The predicted molar refractivity (Wildman–Crippen MR) is 89.6 cm³/mol. The molecule has 1 N–H and O–H groups in total. The Morgan fingerprint density at radius 1 is 1.09 bits per heavy atom. The second kappa shape index (κ2) is 5.99. The third-order valence-electron chi connectivity index (χ3n) is 5.67. The summed E-state index contributed by atoms with van der Waals surface area (Å²) < 4.78 is 0. The molecule has 2 fully saturated rings. The molecule has 0 radical (unpaired) electrons. The number of hydrogen-bond donors (Lipinski definition) is 1. The number of amides is 2. The highest BCUT2D eigenvalue weighted by atomic mass is 16.2. The molecular weight excluding hydrogens is 288 g/mol. The second-order valence-electron chi connectivity index (χ2n) is 7.10. The van der Waals surface area contributed by atoms with Crippen molar-refractivity contribution in [2.75, 3.05) is 0 Å². The first-order valence-electron chi connectivity index (χ1n) is 8.70. The van der Waals surface area contributed by atoms with Crippen molar-refractivity contribution in [1.29, 1.82) is 0 Å². The van der Waals surface area contributed by atoms with E-state index < -0.39 is 11.1 Å². The van der Waals surface area contributed by atoms with Gasteiger partial charge in [0, 0.05) is 6.54 Å². The Morgan fingerprint density at radius 2 is 1.74 bits per heavy atom. The highest BCUT2D eigenvalue weighted by molar-refractivity contribution is 6.02. The van der Waals surface area contributed by atoms with Crippen LogP contribution < -0.4 is 5.32 Å². The fraction of sp³-hybridized carbons (Fsp3) is 0.579. The van der Waals surface area contributed by atoms with Gasteiger partial charge in [0.05, 0.1) is 0 Å². The minimum Gasteiger partial charge on any atom is -0.340 e. The van der Waals surface area contributed by atoms with E-state index in [1.807, 2.05) is 49.1 Å². The maximum atomic E-state index is 13.3. The van der Waals surface area contributed by atoms with Gasteiger partial charge in [-0.25, -0.2) is 0 Å². The molecule has 2 aliphatic rings. The summed E-state index contributed by atoms with van der Waals surface area (Å²) in [5.74, 6) is 0.0995. The lowest BCUT2D eigenvalue weighted by Gasteiger charge is -2.52. The molecule has 1 atom stereocenters. The van der Waals surface area contributed by atoms with Crippen molar-refractivity contribution >= 4 is 11.8 Å². The molecule has 2 amide bonds. The van der Waals surface area contributed by atoms with Crippen LogP contribution in [0, 0.1) is 0 Å². The lowest BCUT2D eigenvalue weighted by atomic mass is 9.75. The molecular formula is C19H26N2O2. The molecule has 0 aromatic heterocycles. The number of rotatable bonds is 3. The molecule has 3 rings (SSSR count). The Morgan fingerprint density at radius 3 is 2.35 bits per heavy atom. The van der Waals surface area contributed by atoms with Gasteiger partial charge in [0.25, 0.3) is 0 Å². The zero-order valence-electron chi connectivity index (χ0n) is 14.1. The second-order valence-corrected chi connectivity index (χ2v) is 7.10. The lowest BCUT2D eigenvalue weighted by Crippen LogP contribution is -2.74. The predicted octanol–water partition coefficient (Wildman–Crippen LogP) is 3.02. The summed E-state index contributed by atoms with van der Waals surface area (Å²) in [6.07, 6.45) is 5.31. The molecule has 1 unspecified atom stereocenters. The van der Waals surface area contributed by atoms with E-state index in [9.17, 15) is 9.59 Å². The largest absolute Gasteiger partial charge is 0.340 e. The third-order valence-corrected chi connectivity index (χ3v) is 5.67. The van der Waals surface area contributed by atoms with Crippen LogP contribution in [-0.2, 0) is 16.1 Å². The van der Waals surface area contributed by atoms with Gasteiger partial charge in [-0.2, -0.15) is 0 Å². The first-order valence-corrected chi connectivity index (χ1v) is 8.70. The molecule has 124 valence electrons. The molecule has 0 bridgehead atoms. The van der Waals surface area contributed by atoms with Gasteiger partial charge in [0.15, 0.2) is 0 Å². The van der Waals surface area contributed by atoms with E-state index in [0.717, 1.165) is 37.7 Å². The normalized spacial score (nSPS) is 27.1. The van der Waals surface area contributed by atoms with E-state index in [0.29, 0.717) is 13.0 Å². The minimum absolute atomic E-state index is 0.00238. The molecule has 1 saturated heterocycles. The summed E-state index contributed by atoms with van der Waals surface area (Å²) in [6, 6.07) is 9.95. The molecule has 1 spiro atoms.